The zero-order valence-corrected chi connectivity index (χ0v) is 17.3. The van der Waals surface area contributed by atoms with Gasteiger partial charge in [0, 0.05) is 6.42 Å². The Kier molecular flexibility index (Phi) is 9.72. The van der Waals surface area contributed by atoms with Gasteiger partial charge in [0.25, 0.3) is 0 Å². The molecule has 0 aromatic carbocycles. The number of rotatable bonds is 8. The fourth-order valence-electron chi connectivity index (χ4n) is 1.45. The lowest BCUT2D eigenvalue weighted by molar-refractivity contribution is -0.140. The molecule has 122 valence electrons. The average Bonchev–Trinajstić information content (AvgIpc) is 2.36. The number of esters is 1. The first-order valence-corrected chi connectivity index (χ1v) is 11.5. The Hall–Kier alpha value is -0.143. The van der Waals surface area contributed by atoms with Crippen molar-refractivity contribution in [3.8, 4) is 0 Å². The standard InChI is InChI=1S/C16H29IO3Si/c1-16(2,3)21(5,6)20-14(12-13-17)10-8-7-9-11-15(18)19-4/h7-8,12-14H,9-11H2,1-6H3/b8-7-,13-12+/t14-/m0/s1. The molecule has 0 unspecified atom stereocenters. The van der Waals surface area contributed by atoms with E-state index in [1.807, 2.05) is 10.2 Å². The number of carbonyl (C=O) groups is 1. The van der Waals surface area contributed by atoms with Crippen molar-refractivity contribution in [2.45, 2.75) is 64.3 Å². The first-order chi connectivity index (χ1) is 9.64. The third-order valence-corrected chi connectivity index (χ3v) is 8.74. The Morgan fingerprint density at radius 3 is 2.38 bits per heavy atom. The van der Waals surface area contributed by atoms with E-state index in [0.717, 1.165) is 6.42 Å². The molecule has 3 nitrogen and oxygen atoms in total. The van der Waals surface area contributed by atoms with Gasteiger partial charge >= 0.3 is 5.97 Å². The van der Waals surface area contributed by atoms with Crippen LogP contribution in [0.15, 0.2) is 22.3 Å². The van der Waals surface area contributed by atoms with E-state index in [1.165, 1.54) is 7.11 Å². The summed E-state index contributed by atoms with van der Waals surface area (Å²) in [5.41, 5.74) is 0. The molecule has 5 heteroatoms. The molecule has 0 aliphatic heterocycles. The zero-order valence-electron chi connectivity index (χ0n) is 14.1. The summed E-state index contributed by atoms with van der Waals surface area (Å²) in [7, 11) is -0.343. The maximum absolute atomic E-state index is 11.0. The topological polar surface area (TPSA) is 35.5 Å². The van der Waals surface area contributed by atoms with Gasteiger partial charge in [0.2, 0.25) is 0 Å². The second-order valence-corrected chi connectivity index (χ2v) is 12.0. The molecular weight excluding hydrogens is 395 g/mol. The highest BCUT2D eigenvalue weighted by Crippen LogP contribution is 2.37. The lowest BCUT2D eigenvalue weighted by Gasteiger charge is -2.38. The lowest BCUT2D eigenvalue weighted by atomic mass is 10.2. The monoisotopic (exact) mass is 424 g/mol. The van der Waals surface area contributed by atoms with Crippen molar-refractivity contribution >= 4 is 36.9 Å². The van der Waals surface area contributed by atoms with Crippen LogP contribution in [-0.4, -0.2) is 27.5 Å². The zero-order chi connectivity index (χ0) is 16.5. The van der Waals surface area contributed by atoms with Crippen LogP contribution in [0.25, 0.3) is 0 Å². The Morgan fingerprint density at radius 2 is 1.90 bits per heavy atom. The van der Waals surface area contributed by atoms with Gasteiger partial charge in [0.15, 0.2) is 8.32 Å². The van der Waals surface area contributed by atoms with Crippen molar-refractivity contribution in [2.75, 3.05) is 7.11 Å². The molecule has 0 N–H and O–H groups in total. The van der Waals surface area contributed by atoms with E-state index in [0.29, 0.717) is 12.8 Å². The smallest absolute Gasteiger partial charge is 0.305 e. The number of halogens is 1. The first-order valence-electron chi connectivity index (χ1n) is 7.30. The van der Waals surface area contributed by atoms with Gasteiger partial charge in [-0.15, -0.1) is 0 Å². The second-order valence-electron chi connectivity index (χ2n) is 6.56. The molecule has 0 amide bonds. The van der Waals surface area contributed by atoms with E-state index in [9.17, 15) is 4.79 Å². The molecule has 0 aromatic rings. The molecule has 0 fully saturated rings. The summed E-state index contributed by atoms with van der Waals surface area (Å²) in [6.45, 7) is 11.3. The number of methoxy groups -OCH3 is 1. The Bertz CT molecular complexity index is 370. The molecule has 0 aromatic heterocycles. The summed E-state index contributed by atoms with van der Waals surface area (Å²) in [6, 6.07) is 0. The van der Waals surface area contributed by atoms with Gasteiger partial charge in [0.05, 0.1) is 13.2 Å². The van der Waals surface area contributed by atoms with E-state index in [2.05, 4.69) is 73.3 Å². The van der Waals surface area contributed by atoms with Gasteiger partial charge in [-0.2, -0.15) is 0 Å². The highest BCUT2D eigenvalue weighted by Gasteiger charge is 2.38. The van der Waals surface area contributed by atoms with Crippen LogP contribution in [0, 0.1) is 0 Å². The minimum Gasteiger partial charge on any atom is -0.469 e. The fourth-order valence-corrected chi connectivity index (χ4v) is 3.20. The molecule has 0 aliphatic carbocycles. The van der Waals surface area contributed by atoms with Crippen molar-refractivity contribution in [1.82, 2.24) is 0 Å². The quantitative estimate of drug-likeness (QED) is 0.232. The molecule has 0 rings (SSSR count). The molecular formula is C16H29IO3Si. The molecule has 0 heterocycles. The molecule has 0 radical (unpaired) electrons. The number of ether oxygens (including phenoxy) is 1. The Balaban J connectivity index is 4.45. The highest BCUT2D eigenvalue weighted by atomic mass is 127. The summed E-state index contributed by atoms with van der Waals surface area (Å²) < 4.78 is 13.0. The summed E-state index contributed by atoms with van der Waals surface area (Å²) in [5.74, 6) is -0.166. The second kappa shape index (κ2) is 9.79. The van der Waals surface area contributed by atoms with Gasteiger partial charge in [-0.05, 0) is 35.1 Å². The first kappa shape index (κ1) is 20.9. The summed E-state index contributed by atoms with van der Waals surface area (Å²) in [5, 5.41) is 0.207. The van der Waals surface area contributed by atoms with E-state index in [1.54, 1.807) is 0 Å². The van der Waals surface area contributed by atoms with E-state index in [-0.39, 0.29) is 17.1 Å². The van der Waals surface area contributed by atoms with Crippen molar-refractivity contribution in [3.63, 3.8) is 0 Å². The van der Waals surface area contributed by atoms with Crippen LogP contribution in [0.5, 0.6) is 0 Å². The van der Waals surface area contributed by atoms with Crippen LogP contribution in [0.1, 0.15) is 40.0 Å². The Labute approximate surface area is 144 Å². The summed E-state index contributed by atoms with van der Waals surface area (Å²) in [6.07, 6.45) is 8.32. The van der Waals surface area contributed by atoms with Crippen molar-refractivity contribution in [2.24, 2.45) is 0 Å². The van der Waals surface area contributed by atoms with Gasteiger partial charge in [-0.1, -0.05) is 61.6 Å². The third kappa shape index (κ3) is 8.78. The van der Waals surface area contributed by atoms with E-state index in [4.69, 9.17) is 4.43 Å². The predicted molar refractivity (Wildman–Crippen MR) is 100 cm³/mol. The minimum absolute atomic E-state index is 0.108. The van der Waals surface area contributed by atoms with Crippen LogP contribution in [0.2, 0.25) is 18.1 Å². The number of carbonyl (C=O) groups excluding carboxylic acids is 1. The summed E-state index contributed by atoms with van der Waals surface area (Å²) >= 11 is 2.23. The molecule has 0 bridgehead atoms. The number of allylic oxidation sites excluding steroid dienone is 1. The molecule has 0 aliphatic rings. The molecule has 0 spiro atoms. The maximum atomic E-state index is 11.0. The normalized spacial score (nSPS) is 14.8. The molecule has 21 heavy (non-hydrogen) atoms. The van der Waals surface area contributed by atoms with Crippen LogP contribution >= 0.6 is 22.6 Å². The number of hydrogen-bond donors (Lipinski definition) is 0. The highest BCUT2D eigenvalue weighted by molar-refractivity contribution is 14.1. The van der Waals surface area contributed by atoms with Gasteiger partial charge in [0.1, 0.15) is 0 Å². The van der Waals surface area contributed by atoms with Crippen LogP contribution < -0.4 is 0 Å². The number of hydrogen-bond acceptors (Lipinski definition) is 3. The minimum atomic E-state index is -1.76. The molecule has 0 saturated carbocycles. The van der Waals surface area contributed by atoms with Crippen molar-refractivity contribution in [3.05, 3.63) is 22.3 Å². The molecule has 1 atom stereocenters. The van der Waals surface area contributed by atoms with Crippen LogP contribution in [-0.2, 0) is 14.0 Å². The van der Waals surface area contributed by atoms with E-state index < -0.39 is 8.32 Å². The molecule has 0 saturated heterocycles. The van der Waals surface area contributed by atoms with E-state index >= 15 is 0 Å². The SMILES string of the molecule is COC(=O)CC/C=C\C[C@@H](/C=C/I)O[Si](C)(C)C(C)(C)C. The van der Waals surface area contributed by atoms with Crippen molar-refractivity contribution in [1.29, 1.82) is 0 Å². The fraction of sp³-hybridized carbons (Fsp3) is 0.688. The lowest BCUT2D eigenvalue weighted by Crippen LogP contribution is -2.43. The summed E-state index contributed by atoms with van der Waals surface area (Å²) in [4.78, 5) is 11.0. The van der Waals surface area contributed by atoms with Gasteiger partial charge in [-0.3, -0.25) is 4.79 Å². The third-order valence-electron chi connectivity index (χ3n) is 3.82. The average molecular weight is 424 g/mol. The Morgan fingerprint density at radius 1 is 1.29 bits per heavy atom. The van der Waals surface area contributed by atoms with Crippen LogP contribution in [0.4, 0.5) is 0 Å². The van der Waals surface area contributed by atoms with Gasteiger partial charge in [-0.25, -0.2) is 0 Å². The largest absolute Gasteiger partial charge is 0.469 e. The predicted octanol–water partition coefficient (Wildman–Crippen LogP) is 5.23. The van der Waals surface area contributed by atoms with Gasteiger partial charge < -0.3 is 9.16 Å². The maximum Gasteiger partial charge on any atom is 0.305 e. The van der Waals surface area contributed by atoms with Crippen molar-refractivity contribution < 1.29 is 14.0 Å². The van der Waals surface area contributed by atoms with Crippen LogP contribution in [0.3, 0.4) is 0 Å².